The summed E-state index contributed by atoms with van der Waals surface area (Å²) >= 11 is 0. The van der Waals surface area contributed by atoms with E-state index in [2.05, 4.69) is 5.32 Å². The van der Waals surface area contributed by atoms with Crippen molar-refractivity contribution in [1.82, 2.24) is 0 Å². The minimum atomic E-state index is -0.338. The van der Waals surface area contributed by atoms with E-state index in [1.165, 1.54) is 12.1 Å². The zero-order chi connectivity index (χ0) is 13.8. The molecule has 0 spiro atoms. The molecule has 5 heteroatoms. The van der Waals surface area contributed by atoms with Crippen molar-refractivity contribution >= 4 is 24.0 Å². The highest BCUT2D eigenvalue weighted by atomic mass is 35.5. The number of hydrogen-bond acceptors (Lipinski definition) is 2. The Morgan fingerprint density at radius 2 is 2.10 bits per heavy atom. The van der Waals surface area contributed by atoms with Gasteiger partial charge in [0.1, 0.15) is 5.82 Å². The standard InChI is InChI=1S/C15H21FN2O.ClH/c1-10-6-7-12(16)9-14(10)18-15(19)8-11-4-2-3-5-13(11)17;/h6-7,9,11,13H,2-5,8,17H2,1H3,(H,18,19);1H. The van der Waals surface area contributed by atoms with Gasteiger partial charge < -0.3 is 11.1 Å². The quantitative estimate of drug-likeness (QED) is 0.899. The Kier molecular flexibility index (Phi) is 6.43. The van der Waals surface area contributed by atoms with Gasteiger partial charge in [-0.3, -0.25) is 4.79 Å². The van der Waals surface area contributed by atoms with E-state index in [-0.39, 0.29) is 36.1 Å². The first kappa shape index (κ1) is 16.9. The Morgan fingerprint density at radius 1 is 1.40 bits per heavy atom. The van der Waals surface area contributed by atoms with Crippen molar-refractivity contribution in [1.29, 1.82) is 0 Å². The third kappa shape index (κ3) is 4.46. The van der Waals surface area contributed by atoms with E-state index in [0.717, 1.165) is 31.2 Å². The van der Waals surface area contributed by atoms with Gasteiger partial charge in [-0.15, -0.1) is 12.4 Å². The summed E-state index contributed by atoms with van der Waals surface area (Å²) < 4.78 is 13.1. The van der Waals surface area contributed by atoms with Crippen LogP contribution >= 0.6 is 12.4 Å². The molecule has 0 aromatic heterocycles. The number of nitrogens with two attached hydrogens (primary N) is 1. The fourth-order valence-electron chi connectivity index (χ4n) is 2.66. The number of carbonyl (C=O) groups excluding carboxylic acids is 1. The van der Waals surface area contributed by atoms with Crippen LogP contribution in [-0.2, 0) is 4.79 Å². The third-order valence-electron chi connectivity index (χ3n) is 3.89. The van der Waals surface area contributed by atoms with Gasteiger partial charge in [0.05, 0.1) is 0 Å². The minimum absolute atomic E-state index is 0. The molecule has 1 aliphatic carbocycles. The van der Waals surface area contributed by atoms with Gasteiger partial charge in [-0.25, -0.2) is 4.39 Å². The maximum absolute atomic E-state index is 13.1. The summed E-state index contributed by atoms with van der Waals surface area (Å²) in [7, 11) is 0. The lowest BCUT2D eigenvalue weighted by Crippen LogP contribution is -2.35. The van der Waals surface area contributed by atoms with Gasteiger partial charge in [0.2, 0.25) is 5.91 Å². The molecular weight excluding hydrogens is 279 g/mol. The van der Waals surface area contributed by atoms with Gasteiger partial charge in [-0.1, -0.05) is 18.9 Å². The summed E-state index contributed by atoms with van der Waals surface area (Å²) in [5.41, 5.74) is 7.45. The smallest absolute Gasteiger partial charge is 0.224 e. The first-order chi connectivity index (χ1) is 9.06. The maximum atomic E-state index is 13.1. The number of halogens is 2. The number of carbonyl (C=O) groups is 1. The highest BCUT2D eigenvalue weighted by Gasteiger charge is 2.24. The van der Waals surface area contributed by atoms with Crippen LogP contribution < -0.4 is 11.1 Å². The highest BCUT2D eigenvalue weighted by molar-refractivity contribution is 5.91. The van der Waals surface area contributed by atoms with Crippen molar-refractivity contribution < 1.29 is 9.18 Å². The first-order valence-corrected chi connectivity index (χ1v) is 6.88. The summed E-state index contributed by atoms with van der Waals surface area (Å²) in [5, 5.41) is 2.78. The fraction of sp³-hybridized carbons (Fsp3) is 0.533. The zero-order valence-electron chi connectivity index (χ0n) is 11.7. The van der Waals surface area contributed by atoms with Gasteiger partial charge in [0, 0.05) is 18.2 Å². The molecule has 20 heavy (non-hydrogen) atoms. The summed E-state index contributed by atoms with van der Waals surface area (Å²) in [6.07, 6.45) is 4.73. The molecule has 1 amide bonds. The van der Waals surface area contributed by atoms with Gasteiger partial charge in [0.25, 0.3) is 0 Å². The number of hydrogen-bond donors (Lipinski definition) is 2. The molecule has 1 aliphatic rings. The Bertz CT molecular complexity index is 467. The second-order valence-corrected chi connectivity index (χ2v) is 5.42. The van der Waals surface area contributed by atoms with Crippen LogP contribution in [0.4, 0.5) is 10.1 Å². The predicted octanol–water partition coefficient (Wildman–Crippen LogP) is 3.40. The molecule has 0 heterocycles. The van der Waals surface area contributed by atoms with E-state index in [4.69, 9.17) is 5.73 Å². The molecule has 1 fully saturated rings. The van der Waals surface area contributed by atoms with Crippen LogP contribution in [0.5, 0.6) is 0 Å². The molecule has 3 nitrogen and oxygen atoms in total. The number of anilines is 1. The van der Waals surface area contributed by atoms with E-state index in [1.54, 1.807) is 6.07 Å². The van der Waals surface area contributed by atoms with Crippen LogP contribution in [0.15, 0.2) is 18.2 Å². The summed E-state index contributed by atoms with van der Waals surface area (Å²) in [4.78, 5) is 12.0. The number of aryl methyl sites for hydroxylation is 1. The summed E-state index contributed by atoms with van der Waals surface area (Å²) in [6.45, 7) is 1.85. The van der Waals surface area contributed by atoms with Crippen LogP contribution in [0, 0.1) is 18.7 Å². The van der Waals surface area contributed by atoms with Crippen LogP contribution in [0.2, 0.25) is 0 Å². The van der Waals surface area contributed by atoms with E-state index in [1.807, 2.05) is 6.92 Å². The molecule has 112 valence electrons. The molecule has 0 radical (unpaired) electrons. The molecule has 0 saturated heterocycles. The van der Waals surface area contributed by atoms with Crippen molar-refractivity contribution in [3.05, 3.63) is 29.6 Å². The first-order valence-electron chi connectivity index (χ1n) is 6.88. The molecule has 1 aromatic carbocycles. The number of rotatable bonds is 3. The van der Waals surface area contributed by atoms with Gasteiger partial charge in [-0.2, -0.15) is 0 Å². The third-order valence-corrected chi connectivity index (χ3v) is 3.89. The van der Waals surface area contributed by atoms with Crippen molar-refractivity contribution in [3.63, 3.8) is 0 Å². The van der Waals surface area contributed by atoms with Crippen molar-refractivity contribution in [3.8, 4) is 0 Å². The van der Waals surface area contributed by atoms with E-state index < -0.39 is 0 Å². The highest BCUT2D eigenvalue weighted by Crippen LogP contribution is 2.26. The van der Waals surface area contributed by atoms with Crippen LogP contribution in [0.1, 0.15) is 37.7 Å². The van der Waals surface area contributed by atoms with Crippen molar-refractivity contribution in [2.45, 2.75) is 45.1 Å². The van der Waals surface area contributed by atoms with Crippen LogP contribution in [-0.4, -0.2) is 11.9 Å². The number of nitrogens with one attached hydrogen (secondary N) is 1. The Morgan fingerprint density at radius 3 is 2.80 bits per heavy atom. The predicted molar refractivity (Wildman–Crippen MR) is 81.6 cm³/mol. The topological polar surface area (TPSA) is 55.1 Å². The Hall–Kier alpha value is -1.13. The van der Waals surface area contributed by atoms with Crippen LogP contribution in [0.25, 0.3) is 0 Å². The lowest BCUT2D eigenvalue weighted by atomic mass is 9.83. The molecule has 2 rings (SSSR count). The maximum Gasteiger partial charge on any atom is 0.224 e. The van der Waals surface area contributed by atoms with Gasteiger partial charge >= 0.3 is 0 Å². The lowest BCUT2D eigenvalue weighted by molar-refractivity contribution is -0.117. The minimum Gasteiger partial charge on any atom is -0.327 e. The molecule has 0 aliphatic heterocycles. The summed E-state index contributed by atoms with van der Waals surface area (Å²) in [6, 6.07) is 4.53. The molecule has 2 unspecified atom stereocenters. The van der Waals surface area contributed by atoms with E-state index in [9.17, 15) is 9.18 Å². The second kappa shape index (κ2) is 7.60. The van der Waals surface area contributed by atoms with E-state index >= 15 is 0 Å². The molecular formula is C15H22ClFN2O. The Balaban J connectivity index is 0.00000200. The molecule has 2 atom stereocenters. The molecule has 3 N–H and O–H groups in total. The molecule has 1 aromatic rings. The average Bonchev–Trinajstić information content (AvgIpc) is 2.37. The van der Waals surface area contributed by atoms with Gasteiger partial charge in [-0.05, 0) is 43.4 Å². The lowest BCUT2D eigenvalue weighted by Gasteiger charge is -2.28. The van der Waals surface area contributed by atoms with E-state index in [0.29, 0.717) is 12.1 Å². The van der Waals surface area contributed by atoms with Crippen molar-refractivity contribution in [2.75, 3.05) is 5.32 Å². The average molecular weight is 301 g/mol. The fourth-order valence-corrected chi connectivity index (χ4v) is 2.66. The SMILES string of the molecule is Cc1ccc(F)cc1NC(=O)CC1CCCCC1N.Cl. The second-order valence-electron chi connectivity index (χ2n) is 5.42. The van der Waals surface area contributed by atoms with Crippen LogP contribution in [0.3, 0.4) is 0 Å². The normalized spacial score (nSPS) is 21.9. The van der Waals surface area contributed by atoms with Gasteiger partial charge in [0.15, 0.2) is 0 Å². The number of benzene rings is 1. The molecule has 1 saturated carbocycles. The molecule has 0 bridgehead atoms. The monoisotopic (exact) mass is 300 g/mol. The number of amides is 1. The summed E-state index contributed by atoms with van der Waals surface area (Å²) in [5.74, 6) is -0.158. The Labute approximate surface area is 125 Å². The largest absolute Gasteiger partial charge is 0.327 e. The van der Waals surface area contributed by atoms with Crippen molar-refractivity contribution in [2.24, 2.45) is 11.7 Å². The zero-order valence-corrected chi connectivity index (χ0v) is 12.5.